The molecule has 0 spiro atoms. The van der Waals surface area contributed by atoms with E-state index in [1.165, 1.54) is 4.88 Å². The van der Waals surface area contributed by atoms with E-state index in [0.29, 0.717) is 6.54 Å². The fourth-order valence-electron chi connectivity index (χ4n) is 2.23. The molecule has 0 N–H and O–H groups in total. The molecule has 0 aliphatic heterocycles. The average molecular weight is 296 g/mol. The molecule has 0 amide bonds. The summed E-state index contributed by atoms with van der Waals surface area (Å²) in [7, 11) is 0. The second kappa shape index (κ2) is 6.06. The van der Waals surface area contributed by atoms with Crippen LogP contribution in [0.3, 0.4) is 0 Å². The van der Waals surface area contributed by atoms with Crippen LogP contribution in [-0.2, 0) is 13.0 Å². The molecule has 0 saturated heterocycles. The van der Waals surface area contributed by atoms with Crippen LogP contribution >= 0.6 is 11.3 Å². The topological polar surface area (TPSA) is 34.9 Å². The number of hydrogen-bond donors (Lipinski definition) is 0. The Labute approximate surface area is 127 Å². The number of aryl methyl sites for hydroxylation is 1. The Hall–Kier alpha value is -2.20. The van der Waals surface area contributed by atoms with Crippen molar-refractivity contribution in [2.45, 2.75) is 19.9 Å². The highest BCUT2D eigenvalue weighted by atomic mass is 32.1. The summed E-state index contributed by atoms with van der Waals surface area (Å²) in [4.78, 5) is 18.8. The van der Waals surface area contributed by atoms with Crippen molar-refractivity contribution in [3.05, 3.63) is 64.6 Å². The number of hydrogen-bond acceptors (Lipinski definition) is 3. The molecule has 0 fully saturated rings. The molecule has 2 heterocycles. The van der Waals surface area contributed by atoms with Gasteiger partial charge in [0.2, 0.25) is 0 Å². The van der Waals surface area contributed by atoms with Crippen molar-refractivity contribution in [2.75, 3.05) is 0 Å². The molecule has 0 atom stereocenters. The van der Waals surface area contributed by atoms with Gasteiger partial charge in [-0.2, -0.15) is 0 Å². The second-order valence-electron chi connectivity index (χ2n) is 4.79. The summed E-state index contributed by atoms with van der Waals surface area (Å²) in [6.07, 6.45) is 4.56. The number of carbonyl (C=O) groups is 1. The van der Waals surface area contributed by atoms with E-state index in [2.05, 4.69) is 11.9 Å². The van der Waals surface area contributed by atoms with Gasteiger partial charge in [0, 0.05) is 22.8 Å². The van der Waals surface area contributed by atoms with Crippen LogP contribution in [0.15, 0.2) is 54.9 Å². The molecule has 21 heavy (non-hydrogen) atoms. The van der Waals surface area contributed by atoms with Gasteiger partial charge in [0.25, 0.3) is 0 Å². The van der Waals surface area contributed by atoms with Crippen LogP contribution in [0.25, 0.3) is 11.4 Å². The smallest absolute Gasteiger partial charge is 0.192 e. The van der Waals surface area contributed by atoms with Crippen LogP contribution in [0.5, 0.6) is 0 Å². The Morgan fingerprint density at radius 1 is 1.19 bits per heavy atom. The molecule has 3 nitrogen and oxygen atoms in total. The highest BCUT2D eigenvalue weighted by Crippen LogP contribution is 2.20. The van der Waals surface area contributed by atoms with Gasteiger partial charge in [-0.15, -0.1) is 11.3 Å². The summed E-state index contributed by atoms with van der Waals surface area (Å²) in [5.41, 5.74) is 1.02. The third-order valence-corrected chi connectivity index (χ3v) is 4.62. The maximum absolute atomic E-state index is 12.4. The van der Waals surface area contributed by atoms with Gasteiger partial charge in [-0.3, -0.25) is 4.79 Å². The molecule has 3 aromatic rings. The lowest BCUT2D eigenvalue weighted by Gasteiger charge is -2.06. The van der Waals surface area contributed by atoms with Crippen molar-refractivity contribution in [3.8, 4) is 11.4 Å². The van der Waals surface area contributed by atoms with E-state index in [4.69, 9.17) is 0 Å². The first-order valence-corrected chi connectivity index (χ1v) is 7.78. The molecule has 0 bridgehead atoms. The SMILES string of the molecule is CCc1ccc(C(=O)Cn2ccnc2-c2ccccc2)s1. The number of aromatic nitrogens is 2. The molecule has 0 aliphatic rings. The maximum Gasteiger partial charge on any atom is 0.192 e. The van der Waals surface area contributed by atoms with Crippen LogP contribution in [-0.4, -0.2) is 15.3 Å². The Morgan fingerprint density at radius 3 is 2.71 bits per heavy atom. The lowest BCUT2D eigenvalue weighted by molar-refractivity contribution is 0.0976. The normalized spacial score (nSPS) is 10.7. The molecule has 4 heteroatoms. The number of rotatable bonds is 5. The minimum atomic E-state index is 0.134. The highest BCUT2D eigenvalue weighted by molar-refractivity contribution is 7.14. The Morgan fingerprint density at radius 2 is 2.00 bits per heavy atom. The largest absolute Gasteiger partial charge is 0.323 e. The lowest BCUT2D eigenvalue weighted by Crippen LogP contribution is -2.09. The molecular formula is C17H16N2OS. The minimum Gasteiger partial charge on any atom is -0.323 e. The first kappa shape index (κ1) is 13.8. The highest BCUT2D eigenvalue weighted by Gasteiger charge is 2.13. The standard InChI is InChI=1S/C17H16N2OS/c1-2-14-8-9-16(21-14)15(20)12-19-11-10-18-17(19)13-6-4-3-5-7-13/h3-11H,2,12H2,1H3. The zero-order chi connectivity index (χ0) is 14.7. The Kier molecular flexibility index (Phi) is 3.97. The van der Waals surface area contributed by atoms with Crippen molar-refractivity contribution < 1.29 is 4.79 Å². The number of Topliss-reactive ketones (excluding diaryl/α,β-unsaturated/α-hetero) is 1. The molecule has 2 aromatic heterocycles. The molecule has 3 rings (SSSR count). The summed E-state index contributed by atoms with van der Waals surface area (Å²) in [5, 5.41) is 0. The van der Waals surface area contributed by atoms with Gasteiger partial charge < -0.3 is 4.57 Å². The van der Waals surface area contributed by atoms with Crippen LogP contribution in [0, 0.1) is 0 Å². The van der Waals surface area contributed by atoms with E-state index in [-0.39, 0.29) is 5.78 Å². The first-order valence-electron chi connectivity index (χ1n) is 6.96. The van der Waals surface area contributed by atoms with Crippen molar-refractivity contribution in [1.29, 1.82) is 0 Å². The summed E-state index contributed by atoms with van der Waals surface area (Å²) in [6, 6.07) is 13.9. The first-order chi connectivity index (χ1) is 10.3. The van der Waals surface area contributed by atoms with E-state index in [9.17, 15) is 4.79 Å². The molecule has 0 unspecified atom stereocenters. The minimum absolute atomic E-state index is 0.134. The quantitative estimate of drug-likeness (QED) is 0.666. The van der Waals surface area contributed by atoms with Gasteiger partial charge in [-0.05, 0) is 18.6 Å². The molecule has 0 radical (unpaired) electrons. The van der Waals surface area contributed by atoms with Gasteiger partial charge >= 0.3 is 0 Å². The zero-order valence-electron chi connectivity index (χ0n) is 11.8. The Balaban J connectivity index is 1.83. The predicted molar refractivity (Wildman–Crippen MR) is 85.7 cm³/mol. The van der Waals surface area contributed by atoms with Gasteiger partial charge in [-0.1, -0.05) is 37.3 Å². The van der Waals surface area contributed by atoms with E-state index in [1.54, 1.807) is 17.5 Å². The fourth-order valence-corrected chi connectivity index (χ4v) is 3.11. The summed E-state index contributed by atoms with van der Waals surface area (Å²) in [6.45, 7) is 2.43. The molecule has 106 valence electrons. The van der Waals surface area contributed by atoms with Gasteiger partial charge in [0.05, 0.1) is 11.4 Å². The number of nitrogens with zero attached hydrogens (tertiary/aromatic N) is 2. The number of carbonyl (C=O) groups excluding carboxylic acids is 1. The molecule has 1 aromatic carbocycles. The summed E-state index contributed by atoms with van der Waals surface area (Å²) in [5.74, 6) is 0.964. The number of benzene rings is 1. The van der Waals surface area contributed by atoms with Gasteiger partial charge in [0.1, 0.15) is 5.82 Å². The van der Waals surface area contributed by atoms with E-state index in [1.807, 2.05) is 53.2 Å². The molecular weight excluding hydrogens is 280 g/mol. The van der Waals surface area contributed by atoms with Crippen LogP contribution < -0.4 is 0 Å². The molecule has 0 aliphatic carbocycles. The van der Waals surface area contributed by atoms with E-state index < -0.39 is 0 Å². The monoisotopic (exact) mass is 296 g/mol. The van der Waals surface area contributed by atoms with Gasteiger partial charge in [0.15, 0.2) is 5.78 Å². The van der Waals surface area contributed by atoms with Crippen molar-refractivity contribution >= 4 is 17.1 Å². The summed E-state index contributed by atoms with van der Waals surface area (Å²) >= 11 is 1.58. The van der Waals surface area contributed by atoms with Crippen molar-refractivity contribution in [3.63, 3.8) is 0 Å². The van der Waals surface area contributed by atoms with Crippen LogP contribution in [0.1, 0.15) is 21.5 Å². The maximum atomic E-state index is 12.4. The van der Waals surface area contributed by atoms with E-state index in [0.717, 1.165) is 22.7 Å². The number of ketones is 1. The van der Waals surface area contributed by atoms with Gasteiger partial charge in [-0.25, -0.2) is 4.98 Å². The van der Waals surface area contributed by atoms with Crippen LogP contribution in [0.4, 0.5) is 0 Å². The van der Waals surface area contributed by atoms with Crippen molar-refractivity contribution in [2.24, 2.45) is 0 Å². The lowest BCUT2D eigenvalue weighted by atomic mass is 10.2. The Bertz CT molecular complexity index is 743. The molecule has 0 saturated carbocycles. The van der Waals surface area contributed by atoms with Crippen molar-refractivity contribution in [1.82, 2.24) is 9.55 Å². The third kappa shape index (κ3) is 2.95. The number of imidazole rings is 1. The number of thiophene rings is 1. The average Bonchev–Trinajstić information content (AvgIpc) is 3.17. The predicted octanol–water partition coefficient (Wildman–Crippen LogP) is 4.06. The van der Waals surface area contributed by atoms with E-state index >= 15 is 0 Å². The summed E-state index contributed by atoms with van der Waals surface area (Å²) < 4.78 is 1.91. The fraction of sp³-hybridized carbons (Fsp3) is 0.176. The second-order valence-corrected chi connectivity index (χ2v) is 5.96. The van der Waals surface area contributed by atoms with Crippen LogP contribution in [0.2, 0.25) is 0 Å². The zero-order valence-corrected chi connectivity index (χ0v) is 12.6. The third-order valence-electron chi connectivity index (χ3n) is 3.35.